The number of hydrogen-bond donors (Lipinski definition) is 0. The minimum atomic E-state index is 0.412. The van der Waals surface area contributed by atoms with Gasteiger partial charge in [-0.2, -0.15) is 10.2 Å². The van der Waals surface area contributed by atoms with Crippen LogP contribution in [0.1, 0.15) is 11.1 Å². The van der Waals surface area contributed by atoms with Crippen LogP contribution < -0.4 is 0 Å². The molecule has 0 atom stereocenters. The van der Waals surface area contributed by atoms with E-state index in [2.05, 4.69) is 21.2 Å². The van der Waals surface area contributed by atoms with E-state index in [4.69, 9.17) is 9.78 Å². The fourth-order valence-corrected chi connectivity index (χ4v) is 1.84. The molecular formula is C15H10N4O. The Kier molecular flexibility index (Phi) is 2.98. The largest absolute Gasteiger partial charge is 0.334 e. The third kappa shape index (κ3) is 2.15. The van der Waals surface area contributed by atoms with Crippen LogP contribution in [0, 0.1) is 18.3 Å². The van der Waals surface area contributed by atoms with Gasteiger partial charge in [0.1, 0.15) is 5.69 Å². The van der Waals surface area contributed by atoms with Crippen LogP contribution in [0.25, 0.3) is 23.0 Å². The third-order valence-electron chi connectivity index (χ3n) is 2.91. The number of rotatable bonds is 2. The van der Waals surface area contributed by atoms with Crippen LogP contribution in [0.3, 0.4) is 0 Å². The lowest BCUT2D eigenvalue weighted by atomic mass is 10.1. The molecule has 0 saturated heterocycles. The molecule has 20 heavy (non-hydrogen) atoms. The van der Waals surface area contributed by atoms with E-state index >= 15 is 0 Å². The van der Waals surface area contributed by atoms with Crippen molar-refractivity contribution in [3.63, 3.8) is 0 Å². The molecule has 0 spiro atoms. The molecule has 0 unspecified atom stereocenters. The molecule has 0 N–H and O–H groups in total. The molecule has 0 amide bonds. The molecule has 3 rings (SSSR count). The van der Waals surface area contributed by atoms with Gasteiger partial charge in [-0.15, -0.1) is 0 Å². The van der Waals surface area contributed by atoms with Crippen LogP contribution in [0.4, 0.5) is 0 Å². The molecule has 0 fully saturated rings. The van der Waals surface area contributed by atoms with Crippen molar-refractivity contribution in [2.75, 3.05) is 0 Å². The van der Waals surface area contributed by atoms with Crippen molar-refractivity contribution >= 4 is 0 Å². The van der Waals surface area contributed by atoms with Crippen molar-refractivity contribution in [1.29, 1.82) is 5.26 Å². The van der Waals surface area contributed by atoms with Gasteiger partial charge in [0.25, 0.3) is 5.89 Å². The highest BCUT2D eigenvalue weighted by atomic mass is 16.5. The van der Waals surface area contributed by atoms with Crippen molar-refractivity contribution in [3.05, 3.63) is 53.7 Å². The maximum Gasteiger partial charge on any atom is 0.258 e. The van der Waals surface area contributed by atoms with E-state index in [1.165, 1.54) is 0 Å². The van der Waals surface area contributed by atoms with Gasteiger partial charge >= 0.3 is 0 Å². The molecule has 5 heteroatoms. The van der Waals surface area contributed by atoms with Crippen molar-refractivity contribution in [2.24, 2.45) is 0 Å². The summed E-state index contributed by atoms with van der Waals surface area (Å²) >= 11 is 0. The van der Waals surface area contributed by atoms with Gasteiger partial charge in [0.05, 0.1) is 11.6 Å². The van der Waals surface area contributed by atoms with Crippen molar-refractivity contribution in [1.82, 2.24) is 15.1 Å². The molecule has 1 aromatic carbocycles. The van der Waals surface area contributed by atoms with Crippen LogP contribution in [0.15, 0.2) is 47.1 Å². The maximum atomic E-state index is 8.77. The lowest BCUT2D eigenvalue weighted by Crippen LogP contribution is -1.89. The van der Waals surface area contributed by atoms with E-state index < -0.39 is 0 Å². The van der Waals surface area contributed by atoms with E-state index in [1.807, 2.05) is 19.1 Å². The molecule has 0 aliphatic rings. The fraction of sp³-hybridized carbons (Fsp3) is 0.0667. The van der Waals surface area contributed by atoms with Crippen LogP contribution >= 0.6 is 0 Å². The first-order chi connectivity index (χ1) is 9.78. The zero-order chi connectivity index (χ0) is 13.9. The Morgan fingerprint density at radius 2 is 1.95 bits per heavy atom. The first kappa shape index (κ1) is 12.1. The fourth-order valence-electron chi connectivity index (χ4n) is 1.84. The number of nitrogens with zero attached hydrogens (tertiary/aromatic N) is 4. The third-order valence-corrected chi connectivity index (χ3v) is 2.91. The Balaban J connectivity index is 1.98. The van der Waals surface area contributed by atoms with Gasteiger partial charge in [0.15, 0.2) is 0 Å². The Labute approximate surface area is 115 Å². The molecule has 3 aromatic rings. The first-order valence-electron chi connectivity index (χ1n) is 6.04. The molecule has 0 bridgehead atoms. The van der Waals surface area contributed by atoms with Gasteiger partial charge < -0.3 is 4.52 Å². The zero-order valence-electron chi connectivity index (χ0n) is 10.7. The predicted octanol–water partition coefficient (Wildman–Crippen LogP) is 2.98. The van der Waals surface area contributed by atoms with Gasteiger partial charge in [0, 0.05) is 11.8 Å². The molecule has 0 saturated carbocycles. The molecule has 0 radical (unpaired) electrons. The van der Waals surface area contributed by atoms with E-state index in [9.17, 15) is 0 Å². The lowest BCUT2D eigenvalue weighted by molar-refractivity contribution is 0.432. The maximum absolute atomic E-state index is 8.77. The molecular weight excluding hydrogens is 252 g/mol. The van der Waals surface area contributed by atoms with Gasteiger partial charge in [0.2, 0.25) is 5.82 Å². The Morgan fingerprint density at radius 1 is 1.15 bits per heavy atom. The number of aryl methyl sites for hydroxylation is 1. The summed E-state index contributed by atoms with van der Waals surface area (Å²) in [5.74, 6) is 0.872. The second kappa shape index (κ2) is 4.94. The van der Waals surface area contributed by atoms with Gasteiger partial charge in [-0.25, -0.2) is 0 Å². The summed E-state index contributed by atoms with van der Waals surface area (Å²) in [4.78, 5) is 8.60. The van der Waals surface area contributed by atoms with E-state index in [0.29, 0.717) is 23.0 Å². The minimum Gasteiger partial charge on any atom is -0.334 e. The zero-order valence-corrected chi connectivity index (χ0v) is 10.7. The highest BCUT2D eigenvalue weighted by Gasteiger charge is 2.13. The highest BCUT2D eigenvalue weighted by molar-refractivity contribution is 5.59. The molecule has 5 nitrogen and oxygen atoms in total. The van der Waals surface area contributed by atoms with Crippen molar-refractivity contribution in [2.45, 2.75) is 6.92 Å². The Bertz CT molecular complexity index is 784. The van der Waals surface area contributed by atoms with Crippen LogP contribution in [-0.4, -0.2) is 15.1 Å². The first-order valence-corrected chi connectivity index (χ1v) is 6.04. The van der Waals surface area contributed by atoms with Gasteiger partial charge in [-0.1, -0.05) is 11.2 Å². The van der Waals surface area contributed by atoms with Gasteiger partial charge in [-0.3, -0.25) is 4.98 Å². The SMILES string of the molecule is Cc1cccnc1-c1noc(-c2ccc(C#N)cc2)n1. The molecule has 2 heterocycles. The Hall–Kier alpha value is -3.00. The molecule has 0 aliphatic carbocycles. The summed E-state index contributed by atoms with van der Waals surface area (Å²) in [6.07, 6.45) is 1.69. The highest BCUT2D eigenvalue weighted by Crippen LogP contribution is 2.22. The topological polar surface area (TPSA) is 75.6 Å². The number of nitriles is 1. The van der Waals surface area contributed by atoms with Gasteiger partial charge in [-0.05, 0) is 42.8 Å². The smallest absolute Gasteiger partial charge is 0.258 e. The van der Waals surface area contributed by atoms with Crippen molar-refractivity contribution < 1.29 is 4.52 Å². The molecule has 0 aliphatic heterocycles. The Morgan fingerprint density at radius 3 is 2.65 bits per heavy atom. The quantitative estimate of drug-likeness (QED) is 0.709. The average Bonchev–Trinajstić information content (AvgIpc) is 2.97. The molecule has 2 aromatic heterocycles. The summed E-state index contributed by atoms with van der Waals surface area (Å²) in [6.45, 7) is 1.94. The predicted molar refractivity (Wildman–Crippen MR) is 72.4 cm³/mol. The summed E-state index contributed by atoms with van der Waals surface area (Å²) in [5, 5.41) is 12.7. The average molecular weight is 262 g/mol. The lowest BCUT2D eigenvalue weighted by Gasteiger charge is -1.97. The number of aromatic nitrogens is 3. The second-order valence-electron chi connectivity index (χ2n) is 4.28. The van der Waals surface area contributed by atoms with E-state index in [-0.39, 0.29) is 0 Å². The van der Waals surface area contributed by atoms with E-state index in [1.54, 1.807) is 30.5 Å². The molecule has 96 valence electrons. The number of benzene rings is 1. The standard InChI is InChI=1S/C15H10N4O/c1-10-3-2-8-17-13(10)14-18-15(20-19-14)12-6-4-11(9-16)5-7-12/h2-8H,1H3. The minimum absolute atomic E-state index is 0.412. The summed E-state index contributed by atoms with van der Waals surface area (Å²) in [7, 11) is 0. The second-order valence-corrected chi connectivity index (χ2v) is 4.28. The van der Waals surface area contributed by atoms with Crippen molar-refractivity contribution in [3.8, 4) is 29.0 Å². The van der Waals surface area contributed by atoms with Crippen LogP contribution in [0.5, 0.6) is 0 Å². The summed E-state index contributed by atoms with van der Waals surface area (Å²) in [5.41, 5.74) is 3.06. The number of hydrogen-bond acceptors (Lipinski definition) is 5. The summed E-state index contributed by atoms with van der Waals surface area (Å²) in [6, 6.07) is 12.9. The summed E-state index contributed by atoms with van der Waals surface area (Å²) < 4.78 is 5.25. The monoisotopic (exact) mass is 262 g/mol. The van der Waals surface area contributed by atoms with Crippen LogP contribution in [-0.2, 0) is 0 Å². The van der Waals surface area contributed by atoms with E-state index in [0.717, 1.165) is 11.1 Å². The number of pyridine rings is 1. The normalized spacial score (nSPS) is 10.2. The van der Waals surface area contributed by atoms with Crippen LogP contribution in [0.2, 0.25) is 0 Å².